The Hall–Kier alpha value is -1.45. The SMILES string of the molecule is CC.O=C/C=C\C(=O)NCCCCCC=O. The van der Waals surface area contributed by atoms with E-state index in [2.05, 4.69) is 5.32 Å². The molecule has 0 bridgehead atoms. The Kier molecular flexibility index (Phi) is 17.0. The van der Waals surface area contributed by atoms with E-state index in [1.807, 2.05) is 13.8 Å². The molecule has 4 heteroatoms. The molecule has 0 aliphatic carbocycles. The molecule has 0 spiro atoms. The van der Waals surface area contributed by atoms with E-state index < -0.39 is 0 Å². The number of carbonyl (C=O) groups is 3. The summed E-state index contributed by atoms with van der Waals surface area (Å²) in [5, 5.41) is 2.62. The highest BCUT2D eigenvalue weighted by molar-refractivity contribution is 5.90. The zero-order chi connectivity index (χ0) is 12.6. The van der Waals surface area contributed by atoms with Crippen LogP contribution in [0.4, 0.5) is 0 Å². The minimum atomic E-state index is -0.257. The first kappa shape index (κ1) is 17.0. The van der Waals surface area contributed by atoms with Crippen LogP contribution in [0.2, 0.25) is 0 Å². The van der Waals surface area contributed by atoms with Crippen LogP contribution in [0.5, 0.6) is 0 Å². The summed E-state index contributed by atoms with van der Waals surface area (Å²) in [6.45, 7) is 4.58. The Balaban J connectivity index is 0. The summed E-state index contributed by atoms with van der Waals surface area (Å²) < 4.78 is 0. The van der Waals surface area contributed by atoms with E-state index >= 15 is 0 Å². The molecule has 0 radical (unpaired) electrons. The second-order valence-corrected chi connectivity index (χ2v) is 2.80. The van der Waals surface area contributed by atoms with Gasteiger partial charge in [-0.05, 0) is 18.9 Å². The molecule has 92 valence electrons. The Morgan fingerprint density at radius 2 is 1.81 bits per heavy atom. The maximum atomic E-state index is 10.9. The molecular formula is C12H21NO3. The first-order chi connectivity index (χ1) is 7.81. The summed E-state index contributed by atoms with van der Waals surface area (Å²) in [6.07, 6.45) is 7.03. The van der Waals surface area contributed by atoms with Crippen molar-refractivity contribution in [2.45, 2.75) is 39.5 Å². The molecule has 16 heavy (non-hydrogen) atoms. The van der Waals surface area contributed by atoms with Crippen LogP contribution in [-0.4, -0.2) is 25.0 Å². The van der Waals surface area contributed by atoms with Crippen molar-refractivity contribution in [3.8, 4) is 0 Å². The number of allylic oxidation sites excluding steroid dienone is 1. The van der Waals surface area contributed by atoms with Crippen molar-refractivity contribution in [3.05, 3.63) is 12.2 Å². The summed E-state index contributed by atoms with van der Waals surface area (Å²) in [6, 6.07) is 0. The van der Waals surface area contributed by atoms with E-state index in [-0.39, 0.29) is 5.91 Å². The number of carbonyl (C=O) groups excluding carboxylic acids is 3. The van der Waals surface area contributed by atoms with Crippen LogP contribution in [0.1, 0.15) is 39.5 Å². The van der Waals surface area contributed by atoms with Crippen LogP contribution in [-0.2, 0) is 14.4 Å². The van der Waals surface area contributed by atoms with Crippen molar-refractivity contribution in [1.29, 1.82) is 0 Å². The van der Waals surface area contributed by atoms with Gasteiger partial charge in [-0.25, -0.2) is 0 Å². The fraction of sp³-hybridized carbons (Fsp3) is 0.583. The highest BCUT2D eigenvalue weighted by atomic mass is 16.1. The number of hydrogen-bond acceptors (Lipinski definition) is 3. The third kappa shape index (κ3) is 15.0. The van der Waals surface area contributed by atoms with Gasteiger partial charge >= 0.3 is 0 Å². The van der Waals surface area contributed by atoms with Crippen LogP contribution in [0.25, 0.3) is 0 Å². The molecule has 4 nitrogen and oxygen atoms in total. The van der Waals surface area contributed by atoms with Crippen LogP contribution in [0.3, 0.4) is 0 Å². The van der Waals surface area contributed by atoms with Crippen molar-refractivity contribution >= 4 is 18.5 Å². The van der Waals surface area contributed by atoms with Gasteiger partial charge < -0.3 is 10.1 Å². The first-order valence-electron chi connectivity index (χ1n) is 5.64. The monoisotopic (exact) mass is 227 g/mol. The Labute approximate surface area is 97.1 Å². The molecule has 0 saturated carbocycles. The molecule has 0 aromatic heterocycles. The molecule has 0 aromatic carbocycles. The lowest BCUT2D eigenvalue weighted by molar-refractivity contribution is -0.116. The van der Waals surface area contributed by atoms with E-state index in [1.165, 1.54) is 6.08 Å². The molecule has 0 aromatic rings. The summed E-state index contributed by atoms with van der Waals surface area (Å²) in [7, 11) is 0. The number of rotatable bonds is 8. The van der Waals surface area contributed by atoms with Crippen molar-refractivity contribution in [2.24, 2.45) is 0 Å². The van der Waals surface area contributed by atoms with Gasteiger partial charge in [0.25, 0.3) is 0 Å². The predicted octanol–water partition coefficient (Wildman–Crippen LogP) is 1.64. The van der Waals surface area contributed by atoms with Crippen molar-refractivity contribution in [3.63, 3.8) is 0 Å². The molecule has 0 unspecified atom stereocenters. The third-order valence-electron chi connectivity index (χ3n) is 1.62. The Morgan fingerprint density at radius 3 is 2.38 bits per heavy atom. The lowest BCUT2D eigenvalue weighted by Gasteiger charge is -2.00. The van der Waals surface area contributed by atoms with E-state index in [0.29, 0.717) is 19.3 Å². The first-order valence-corrected chi connectivity index (χ1v) is 5.64. The number of nitrogens with one attached hydrogen (secondary N) is 1. The van der Waals surface area contributed by atoms with Gasteiger partial charge in [0.05, 0.1) is 0 Å². The fourth-order valence-corrected chi connectivity index (χ4v) is 0.927. The quantitative estimate of drug-likeness (QED) is 0.389. The topological polar surface area (TPSA) is 63.2 Å². The Bertz CT molecular complexity index is 212. The zero-order valence-electron chi connectivity index (χ0n) is 10.1. The molecular weight excluding hydrogens is 206 g/mol. The van der Waals surface area contributed by atoms with Crippen LogP contribution >= 0.6 is 0 Å². The van der Waals surface area contributed by atoms with Crippen LogP contribution in [0.15, 0.2) is 12.2 Å². The van der Waals surface area contributed by atoms with E-state index in [1.54, 1.807) is 0 Å². The lowest BCUT2D eigenvalue weighted by Crippen LogP contribution is -2.22. The number of unbranched alkanes of at least 4 members (excludes halogenated alkanes) is 3. The van der Waals surface area contributed by atoms with Gasteiger partial charge in [0.1, 0.15) is 12.6 Å². The molecule has 0 saturated heterocycles. The highest BCUT2D eigenvalue weighted by Crippen LogP contribution is 1.95. The van der Waals surface area contributed by atoms with E-state index in [9.17, 15) is 14.4 Å². The van der Waals surface area contributed by atoms with Crippen LogP contribution < -0.4 is 5.32 Å². The molecule has 1 amide bonds. The van der Waals surface area contributed by atoms with Gasteiger partial charge in [0, 0.05) is 19.0 Å². The molecule has 0 heterocycles. The Morgan fingerprint density at radius 1 is 1.12 bits per heavy atom. The molecule has 1 N–H and O–H groups in total. The van der Waals surface area contributed by atoms with E-state index in [0.717, 1.165) is 31.6 Å². The average Bonchev–Trinajstić information content (AvgIpc) is 2.33. The number of hydrogen-bond donors (Lipinski definition) is 1. The van der Waals surface area contributed by atoms with Gasteiger partial charge in [-0.1, -0.05) is 20.3 Å². The normalized spacial score (nSPS) is 9.12. The lowest BCUT2D eigenvalue weighted by atomic mass is 10.2. The molecule has 0 atom stereocenters. The molecule has 0 aliphatic rings. The van der Waals surface area contributed by atoms with Gasteiger partial charge in [0.2, 0.25) is 5.91 Å². The second kappa shape index (κ2) is 16.0. The summed E-state index contributed by atoms with van der Waals surface area (Å²) >= 11 is 0. The molecule has 0 rings (SSSR count). The third-order valence-corrected chi connectivity index (χ3v) is 1.62. The summed E-state index contributed by atoms with van der Waals surface area (Å²) in [5.41, 5.74) is 0. The smallest absolute Gasteiger partial charge is 0.244 e. The average molecular weight is 227 g/mol. The minimum Gasteiger partial charge on any atom is -0.353 e. The minimum absolute atomic E-state index is 0.257. The summed E-state index contributed by atoms with van der Waals surface area (Å²) in [4.78, 5) is 30.7. The maximum Gasteiger partial charge on any atom is 0.244 e. The van der Waals surface area contributed by atoms with Gasteiger partial charge in [-0.3, -0.25) is 9.59 Å². The van der Waals surface area contributed by atoms with Crippen molar-refractivity contribution in [1.82, 2.24) is 5.32 Å². The largest absolute Gasteiger partial charge is 0.353 e. The molecule has 0 aliphatic heterocycles. The zero-order valence-corrected chi connectivity index (χ0v) is 10.1. The predicted molar refractivity (Wildman–Crippen MR) is 64.1 cm³/mol. The fourth-order valence-electron chi connectivity index (χ4n) is 0.927. The number of aldehydes is 2. The maximum absolute atomic E-state index is 10.9. The molecule has 0 fully saturated rings. The van der Waals surface area contributed by atoms with Gasteiger partial charge in [-0.2, -0.15) is 0 Å². The van der Waals surface area contributed by atoms with Gasteiger partial charge in [-0.15, -0.1) is 0 Å². The number of amides is 1. The highest BCUT2D eigenvalue weighted by Gasteiger charge is 1.93. The van der Waals surface area contributed by atoms with Gasteiger partial charge in [0.15, 0.2) is 0 Å². The van der Waals surface area contributed by atoms with Crippen LogP contribution in [0, 0.1) is 0 Å². The second-order valence-electron chi connectivity index (χ2n) is 2.80. The summed E-state index contributed by atoms with van der Waals surface area (Å²) in [5.74, 6) is -0.257. The van der Waals surface area contributed by atoms with Crippen molar-refractivity contribution in [2.75, 3.05) is 6.54 Å². The van der Waals surface area contributed by atoms with Crippen molar-refractivity contribution < 1.29 is 14.4 Å². The standard InChI is InChI=1S/C10H15NO3.C2H6/c12-8-4-2-1-3-7-11-10(14)6-5-9-13;1-2/h5-6,8-9H,1-4,7H2,(H,11,14);1-2H3/b6-5-;. The van der Waals surface area contributed by atoms with E-state index in [4.69, 9.17) is 0 Å².